The minimum absolute atomic E-state index is 0.0592. The van der Waals surface area contributed by atoms with Crippen molar-refractivity contribution in [3.05, 3.63) is 42.1 Å². The van der Waals surface area contributed by atoms with Crippen molar-refractivity contribution >= 4 is 17.5 Å². The van der Waals surface area contributed by atoms with E-state index < -0.39 is 5.97 Å². The van der Waals surface area contributed by atoms with Gasteiger partial charge in [0.05, 0.1) is 24.3 Å². The molecule has 0 bridgehead atoms. The Labute approximate surface area is 132 Å². The van der Waals surface area contributed by atoms with Crippen LogP contribution >= 0.6 is 0 Å². The van der Waals surface area contributed by atoms with E-state index in [2.05, 4.69) is 24.8 Å². The standard InChI is InChI=1S/C15H14N6O2/c16-7-11-1-2-12(8-17-11)20-3-5-21(6-4-20)14-10-18-13(9-19-14)15(22)23/h1-2,8-10H,3-6H2,(H,22,23). The van der Waals surface area contributed by atoms with Gasteiger partial charge in [-0.05, 0) is 12.1 Å². The highest BCUT2D eigenvalue weighted by molar-refractivity contribution is 5.84. The monoisotopic (exact) mass is 310 g/mol. The fourth-order valence-electron chi connectivity index (χ4n) is 2.43. The largest absolute Gasteiger partial charge is 0.476 e. The second-order valence-corrected chi connectivity index (χ2v) is 5.05. The molecule has 8 nitrogen and oxygen atoms in total. The molecule has 1 aliphatic rings. The van der Waals surface area contributed by atoms with Crippen LogP contribution in [0.15, 0.2) is 30.7 Å². The van der Waals surface area contributed by atoms with E-state index in [0.29, 0.717) is 11.5 Å². The van der Waals surface area contributed by atoms with Crippen LogP contribution in [0.25, 0.3) is 0 Å². The van der Waals surface area contributed by atoms with Crippen molar-refractivity contribution in [2.24, 2.45) is 0 Å². The Bertz CT molecular complexity index is 730. The SMILES string of the molecule is N#Cc1ccc(N2CCN(c3cnc(C(=O)O)cn3)CC2)cn1. The third-order valence-corrected chi connectivity index (χ3v) is 3.69. The number of carbonyl (C=O) groups is 1. The molecule has 0 spiro atoms. The minimum Gasteiger partial charge on any atom is -0.476 e. The summed E-state index contributed by atoms with van der Waals surface area (Å²) in [5.74, 6) is -0.408. The maximum Gasteiger partial charge on any atom is 0.356 e. The van der Waals surface area contributed by atoms with Crippen molar-refractivity contribution in [3.63, 3.8) is 0 Å². The first-order valence-electron chi connectivity index (χ1n) is 7.09. The Morgan fingerprint density at radius 1 is 1.04 bits per heavy atom. The first-order valence-corrected chi connectivity index (χ1v) is 7.09. The summed E-state index contributed by atoms with van der Waals surface area (Å²) >= 11 is 0. The summed E-state index contributed by atoms with van der Waals surface area (Å²) in [6.07, 6.45) is 4.46. The molecule has 0 amide bonds. The van der Waals surface area contributed by atoms with E-state index in [-0.39, 0.29) is 5.69 Å². The van der Waals surface area contributed by atoms with Gasteiger partial charge in [0, 0.05) is 26.2 Å². The molecule has 1 N–H and O–H groups in total. The van der Waals surface area contributed by atoms with Gasteiger partial charge in [-0.3, -0.25) is 0 Å². The molecule has 2 aromatic rings. The molecule has 0 radical (unpaired) electrons. The van der Waals surface area contributed by atoms with E-state index in [1.54, 1.807) is 12.3 Å². The molecule has 8 heteroatoms. The van der Waals surface area contributed by atoms with E-state index in [1.807, 2.05) is 12.1 Å². The van der Waals surface area contributed by atoms with E-state index in [1.165, 1.54) is 12.4 Å². The molecule has 1 fully saturated rings. The van der Waals surface area contributed by atoms with Crippen molar-refractivity contribution < 1.29 is 9.90 Å². The van der Waals surface area contributed by atoms with Crippen molar-refractivity contribution in [1.29, 1.82) is 5.26 Å². The molecular formula is C15H14N6O2. The summed E-state index contributed by atoms with van der Waals surface area (Å²) in [6.45, 7) is 3.08. The average molecular weight is 310 g/mol. The Kier molecular flexibility index (Phi) is 4.01. The topological polar surface area (TPSA) is 106 Å². The van der Waals surface area contributed by atoms with Gasteiger partial charge in [-0.1, -0.05) is 0 Å². The summed E-state index contributed by atoms with van der Waals surface area (Å²) in [6, 6.07) is 5.60. The second kappa shape index (κ2) is 6.27. The van der Waals surface area contributed by atoms with Crippen LogP contribution in [-0.2, 0) is 0 Å². The van der Waals surface area contributed by atoms with Gasteiger partial charge in [0.2, 0.25) is 0 Å². The number of hydrogen-bond donors (Lipinski definition) is 1. The summed E-state index contributed by atoms with van der Waals surface area (Å²) in [7, 11) is 0. The molecule has 0 aromatic carbocycles. The lowest BCUT2D eigenvalue weighted by Gasteiger charge is -2.36. The Morgan fingerprint density at radius 2 is 1.78 bits per heavy atom. The maximum absolute atomic E-state index is 10.8. The van der Waals surface area contributed by atoms with Gasteiger partial charge in [0.15, 0.2) is 5.69 Å². The fraction of sp³-hybridized carbons (Fsp3) is 0.267. The van der Waals surface area contributed by atoms with Crippen LogP contribution in [0.4, 0.5) is 11.5 Å². The molecule has 0 atom stereocenters. The Hall–Kier alpha value is -3.21. The smallest absolute Gasteiger partial charge is 0.356 e. The maximum atomic E-state index is 10.8. The van der Waals surface area contributed by atoms with Crippen molar-refractivity contribution in [1.82, 2.24) is 15.0 Å². The lowest BCUT2D eigenvalue weighted by molar-refractivity contribution is 0.0690. The number of carboxylic acids is 1. The van der Waals surface area contributed by atoms with Gasteiger partial charge in [-0.25, -0.2) is 19.7 Å². The number of nitrogens with zero attached hydrogens (tertiary/aromatic N) is 6. The van der Waals surface area contributed by atoms with E-state index in [9.17, 15) is 4.79 Å². The van der Waals surface area contributed by atoms with Crippen molar-refractivity contribution in [3.8, 4) is 6.07 Å². The molecule has 3 heterocycles. The third kappa shape index (κ3) is 3.18. The first-order chi connectivity index (χ1) is 11.2. The summed E-state index contributed by atoms with van der Waals surface area (Å²) < 4.78 is 0. The molecule has 3 rings (SSSR count). The zero-order chi connectivity index (χ0) is 16.2. The van der Waals surface area contributed by atoms with Crippen LogP contribution in [0.5, 0.6) is 0 Å². The number of nitriles is 1. The number of anilines is 2. The first kappa shape index (κ1) is 14.7. The van der Waals surface area contributed by atoms with Gasteiger partial charge in [0.25, 0.3) is 0 Å². The van der Waals surface area contributed by atoms with Gasteiger partial charge in [0.1, 0.15) is 17.6 Å². The molecule has 0 saturated carbocycles. The number of carboxylic acid groups (broad SMARTS) is 1. The summed E-state index contributed by atoms with van der Waals surface area (Å²) in [5, 5.41) is 17.6. The zero-order valence-electron chi connectivity index (χ0n) is 12.3. The van der Waals surface area contributed by atoms with Crippen molar-refractivity contribution in [2.75, 3.05) is 36.0 Å². The zero-order valence-corrected chi connectivity index (χ0v) is 12.3. The van der Waals surface area contributed by atoms with Crippen LogP contribution in [-0.4, -0.2) is 52.2 Å². The second-order valence-electron chi connectivity index (χ2n) is 5.05. The minimum atomic E-state index is -1.08. The van der Waals surface area contributed by atoms with E-state index in [4.69, 9.17) is 10.4 Å². The molecule has 0 aliphatic carbocycles. The lowest BCUT2D eigenvalue weighted by Crippen LogP contribution is -2.46. The van der Waals surface area contributed by atoms with E-state index in [0.717, 1.165) is 31.9 Å². The quantitative estimate of drug-likeness (QED) is 0.886. The number of rotatable bonds is 3. The van der Waals surface area contributed by atoms with Crippen LogP contribution in [0.1, 0.15) is 16.2 Å². The lowest BCUT2D eigenvalue weighted by atomic mass is 10.2. The van der Waals surface area contributed by atoms with Crippen LogP contribution < -0.4 is 9.80 Å². The predicted molar refractivity (Wildman–Crippen MR) is 82.4 cm³/mol. The van der Waals surface area contributed by atoms with Crippen LogP contribution in [0.2, 0.25) is 0 Å². The third-order valence-electron chi connectivity index (χ3n) is 3.69. The molecule has 1 aliphatic heterocycles. The normalized spacial score (nSPS) is 14.4. The highest BCUT2D eigenvalue weighted by Gasteiger charge is 2.19. The van der Waals surface area contributed by atoms with Crippen LogP contribution in [0.3, 0.4) is 0 Å². The number of piperazine rings is 1. The van der Waals surface area contributed by atoms with E-state index >= 15 is 0 Å². The van der Waals surface area contributed by atoms with Gasteiger partial charge >= 0.3 is 5.97 Å². The number of aromatic nitrogens is 3. The molecule has 116 valence electrons. The molecule has 0 unspecified atom stereocenters. The molecule has 2 aromatic heterocycles. The summed E-state index contributed by atoms with van der Waals surface area (Å²) in [4.78, 5) is 27.2. The van der Waals surface area contributed by atoms with Gasteiger partial charge in [-0.15, -0.1) is 0 Å². The molecular weight excluding hydrogens is 296 g/mol. The number of aromatic carboxylic acids is 1. The van der Waals surface area contributed by atoms with Gasteiger partial charge < -0.3 is 14.9 Å². The molecule has 1 saturated heterocycles. The predicted octanol–water partition coefficient (Wildman–Crippen LogP) is 0.768. The van der Waals surface area contributed by atoms with Crippen LogP contribution in [0, 0.1) is 11.3 Å². The van der Waals surface area contributed by atoms with Crippen molar-refractivity contribution in [2.45, 2.75) is 0 Å². The molecule has 23 heavy (non-hydrogen) atoms. The fourth-order valence-corrected chi connectivity index (χ4v) is 2.43. The Morgan fingerprint density at radius 3 is 2.30 bits per heavy atom. The highest BCUT2D eigenvalue weighted by atomic mass is 16.4. The number of hydrogen-bond acceptors (Lipinski definition) is 7. The Balaban J connectivity index is 1.63. The highest BCUT2D eigenvalue weighted by Crippen LogP contribution is 2.18. The van der Waals surface area contributed by atoms with Gasteiger partial charge in [-0.2, -0.15) is 5.26 Å². The average Bonchev–Trinajstić information content (AvgIpc) is 2.62. The number of pyridine rings is 1. The summed E-state index contributed by atoms with van der Waals surface area (Å²) in [5.41, 5.74) is 1.33.